The van der Waals surface area contributed by atoms with Crippen LogP contribution < -0.4 is 15.5 Å². The van der Waals surface area contributed by atoms with Gasteiger partial charge in [-0.3, -0.25) is 4.79 Å². The van der Waals surface area contributed by atoms with Crippen LogP contribution >= 0.6 is 0 Å². The minimum Gasteiger partial charge on any atom is -0.357 e. The smallest absolute Gasteiger partial charge is 0.229 e. The molecule has 1 amide bonds. The summed E-state index contributed by atoms with van der Waals surface area (Å²) in [5, 5.41) is 6.70. The predicted molar refractivity (Wildman–Crippen MR) is 123 cm³/mol. The van der Waals surface area contributed by atoms with Gasteiger partial charge in [0.15, 0.2) is 5.96 Å². The van der Waals surface area contributed by atoms with Crippen LogP contribution in [0.15, 0.2) is 78.0 Å². The number of carbonyl (C=O) groups excluding carboxylic acids is 1. The van der Waals surface area contributed by atoms with Crippen LogP contribution in [0.4, 0.5) is 5.69 Å². The van der Waals surface area contributed by atoms with Crippen molar-refractivity contribution in [1.82, 2.24) is 20.2 Å². The van der Waals surface area contributed by atoms with Crippen molar-refractivity contribution in [3.8, 4) is 0 Å². The predicted octanol–water partition coefficient (Wildman–Crippen LogP) is 2.79. The Morgan fingerprint density at radius 1 is 1.13 bits per heavy atom. The standard InChI is InChI=1S/C24H28N6O/c1-2-25-24(28-20-15-23(31)30(18-20)21-11-7-4-8-12-21)27-16-22-26-13-14-29(22)17-19-9-5-3-6-10-19/h3-14,20H,2,15-18H2,1H3,(H2,25,27,28). The molecule has 1 aliphatic rings. The molecule has 0 spiro atoms. The van der Waals surface area contributed by atoms with Crippen molar-refractivity contribution in [3.63, 3.8) is 0 Å². The van der Waals surface area contributed by atoms with Crippen LogP contribution in [0.5, 0.6) is 0 Å². The lowest BCUT2D eigenvalue weighted by Gasteiger charge is -2.19. The number of amides is 1. The summed E-state index contributed by atoms with van der Waals surface area (Å²) >= 11 is 0. The van der Waals surface area contributed by atoms with Gasteiger partial charge in [-0.2, -0.15) is 0 Å². The Bertz CT molecular complexity index is 1010. The molecule has 7 nitrogen and oxygen atoms in total. The number of hydrogen-bond donors (Lipinski definition) is 2. The van der Waals surface area contributed by atoms with Gasteiger partial charge in [-0.25, -0.2) is 9.98 Å². The first-order valence-corrected chi connectivity index (χ1v) is 10.7. The summed E-state index contributed by atoms with van der Waals surface area (Å²) in [6, 6.07) is 20.1. The van der Waals surface area contributed by atoms with E-state index in [-0.39, 0.29) is 11.9 Å². The van der Waals surface area contributed by atoms with Gasteiger partial charge in [0.1, 0.15) is 12.4 Å². The minimum absolute atomic E-state index is 0.00886. The molecule has 2 N–H and O–H groups in total. The van der Waals surface area contributed by atoms with Crippen LogP contribution in [0, 0.1) is 0 Å². The van der Waals surface area contributed by atoms with E-state index < -0.39 is 0 Å². The molecular formula is C24H28N6O. The summed E-state index contributed by atoms with van der Waals surface area (Å²) in [5.41, 5.74) is 2.16. The lowest BCUT2D eigenvalue weighted by atomic mass is 10.2. The lowest BCUT2D eigenvalue weighted by molar-refractivity contribution is -0.117. The molecule has 2 heterocycles. The number of guanidine groups is 1. The Morgan fingerprint density at radius 2 is 1.87 bits per heavy atom. The van der Waals surface area contributed by atoms with Crippen LogP contribution in [0.3, 0.4) is 0 Å². The van der Waals surface area contributed by atoms with Gasteiger partial charge in [-0.15, -0.1) is 0 Å². The van der Waals surface area contributed by atoms with E-state index in [1.807, 2.05) is 72.7 Å². The van der Waals surface area contributed by atoms with Crippen molar-refractivity contribution in [2.45, 2.75) is 32.5 Å². The minimum atomic E-state index is 0.00886. The molecule has 1 saturated heterocycles. The Labute approximate surface area is 182 Å². The van der Waals surface area contributed by atoms with Crippen molar-refractivity contribution < 1.29 is 4.79 Å². The monoisotopic (exact) mass is 416 g/mol. The molecule has 0 aliphatic carbocycles. The van der Waals surface area contributed by atoms with Crippen molar-refractivity contribution in [1.29, 1.82) is 0 Å². The van der Waals surface area contributed by atoms with E-state index in [1.165, 1.54) is 5.56 Å². The molecule has 1 unspecified atom stereocenters. The zero-order chi connectivity index (χ0) is 21.5. The number of nitrogens with zero attached hydrogens (tertiary/aromatic N) is 4. The van der Waals surface area contributed by atoms with Crippen molar-refractivity contribution in [2.75, 3.05) is 18.0 Å². The van der Waals surface area contributed by atoms with Crippen molar-refractivity contribution in [2.24, 2.45) is 4.99 Å². The number of benzene rings is 2. The fourth-order valence-electron chi connectivity index (χ4n) is 3.74. The number of para-hydroxylation sites is 1. The first kappa shape index (κ1) is 20.7. The average Bonchev–Trinajstić information content (AvgIpc) is 3.39. The Hall–Kier alpha value is -3.61. The second-order valence-corrected chi connectivity index (χ2v) is 7.54. The Balaban J connectivity index is 1.41. The van der Waals surface area contributed by atoms with E-state index in [1.54, 1.807) is 0 Å². The molecule has 0 bridgehead atoms. The molecule has 0 saturated carbocycles. The molecule has 1 aliphatic heterocycles. The molecule has 1 atom stereocenters. The van der Waals surface area contributed by atoms with Crippen LogP contribution in [0.2, 0.25) is 0 Å². The van der Waals surface area contributed by atoms with Gasteiger partial charge in [0.05, 0.1) is 6.04 Å². The molecule has 4 rings (SSSR count). The average molecular weight is 417 g/mol. The molecule has 1 fully saturated rings. The summed E-state index contributed by atoms with van der Waals surface area (Å²) in [6.07, 6.45) is 4.23. The number of hydrogen-bond acceptors (Lipinski definition) is 3. The van der Waals surface area contributed by atoms with Crippen LogP contribution in [0.1, 0.15) is 24.7 Å². The number of imidazole rings is 1. The largest absolute Gasteiger partial charge is 0.357 e. The molecule has 3 aromatic rings. The highest BCUT2D eigenvalue weighted by Gasteiger charge is 2.31. The van der Waals surface area contributed by atoms with Gasteiger partial charge in [0.25, 0.3) is 0 Å². The van der Waals surface area contributed by atoms with Gasteiger partial charge in [-0.1, -0.05) is 48.5 Å². The highest BCUT2D eigenvalue weighted by atomic mass is 16.2. The molecule has 0 radical (unpaired) electrons. The quantitative estimate of drug-likeness (QED) is 0.459. The number of rotatable bonds is 7. The maximum absolute atomic E-state index is 12.5. The van der Waals surface area contributed by atoms with Gasteiger partial charge in [-0.05, 0) is 24.6 Å². The maximum Gasteiger partial charge on any atom is 0.229 e. The number of anilines is 1. The highest BCUT2D eigenvalue weighted by Crippen LogP contribution is 2.21. The second-order valence-electron chi connectivity index (χ2n) is 7.54. The molecule has 1 aromatic heterocycles. The highest BCUT2D eigenvalue weighted by molar-refractivity contribution is 5.97. The number of nitrogens with one attached hydrogen (secondary N) is 2. The number of aromatic nitrogens is 2. The van der Waals surface area contributed by atoms with Crippen molar-refractivity contribution >= 4 is 17.6 Å². The van der Waals surface area contributed by atoms with E-state index in [9.17, 15) is 4.79 Å². The summed E-state index contributed by atoms with van der Waals surface area (Å²) in [5.74, 6) is 1.72. The second kappa shape index (κ2) is 9.93. The Kier molecular flexibility index (Phi) is 6.62. The van der Waals surface area contributed by atoms with Crippen LogP contribution in [-0.2, 0) is 17.9 Å². The summed E-state index contributed by atoms with van der Waals surface area (Å²) in [7, 11) is 0. The van der Waals surface area contributed by atoms with E-state index in [2.05, 4.69) is 32.3 Å². The van der Waals surface area contributed by atoms with Crippen LogP contribution in [0.25, 0.3) is 0 Å². The Morgan fingerprint density at radius 3 is 2.61 bits per heavy atom. The fourth-order valence-corrected chi connectivity index (χ4v) is 3.74. The van der Waals surface area contributed by atoms with E-state index in [0.29, 0.717) is 25.5 Å². The summed E-state index contributed by atoms with van der Waals surface area (Å²) < 4.78 is 2.11. The third kappa shape index (κ3) is 5.31. The maximum atomic E-state index is 12.5. The van der Waals surface area contributed by atoms with Crippen molar-refractivity contribution in [3.05, 3.63) is 84.4 Å². The number of carbonyl (C=O) groups is 1. The summed E-state index contributed by atoms with van der Waals surface area (Å²) in [6.45, 7) is 4.62. The third-order valence-corrected chi connectivity index (χ3v) is 5.25. The first-order valence-electron chi connectivity index (χ1n) is 10.7. The zero-order valence-corrected chi connectivity index (χ0v) is 17.7. The summed E-state index contributed by atoms with van der Waals surface area (Å²) in [4.78, 5) is 23.5. The normalized spacial score (nSPS) is 16.5. The topological polar surface area (TPSA) is 74.5 Å². The molecule has 7 heteroatoms. The van der Waals surface area contributed by atoms with Gasteiger partial charge in [0.2, 0.25) is 5.91 Å². The van der Waals surface area contributed by atoms with Gasteiger partial charge in [0, 0.05) is 44.1 Å². The third-order valence-electron chi connectivity index (χ3n) is 5.25. The zero-order valence-electron chi connectivity index (χ0n) is 17.7. The molecular weight excluding hydrogens is 388 g/mol. The lowest BCUT2D eigenvalue weighted by Crippen LogP contribution is -2.44. The fraction of sp³-hybridized carbons (Fsp3) is 0.292. The first-order chi connectivity index (χ1) is 15.2. The van der Waals surface area contributed by atoms with E-state index >= 15 is 0 Å². The molecule has 2 aromatic carbocycles. The molecule has 31 heavy (non-hydrogen) atoms. The van der Waals surface area contributed by atoms with Gasteiger partial charge < -0.3 is 20.1 Å². The van der Waals surface area contributed by atoms with E-state index in [4.69, 9.17) is 4.99 Å². The SMILES string of the molecule is CCNC(=NCc1nccn1Cc1ccccc1)NC1CC(=O)N(c2ccccc2)C1. The van der Waals surface area contributed by atoms with E-state index in [0.717, 1.165) is 24.6 Å². The van der Waals surface area contributed by atoms with Gasteiger partial charge >= 0.3 is 0 Å². The number of aliphatic imine (C=N–C) groups is 1. The van der Waals surface area contributed by atoms with Crippen LogP contribution in [-0.4, -0.2) is 40.5 Å². The molecule has 160 valence electrons.